The molecular weight excluding hydrogens is 242 g/mol. The Labute approximate surface area is 116 Å². The van der Waals surface area contributed by atoms with Gasteiger partial charge >= 0.3 is 5.97 Å². The number of hydrogen-bond donors (Lipinski definition) is 2. The molecule has 4 heteroatoms. The lowest BCUT2D eigenvalue weighted by Gasteiger charge is -2.28. The fraction of sp³-hybridized carbons (Fsp3) is 0.867. The van der Waals surface area contributed by atoms with Crippen molar-refractivity contribution in [1.82, 2.24) is 5.32 Å². The number of amides is 1. The molecule has 0 aromatic rings. The smallest absolute Gasteiger partial charge is 0.307 e. The molecule has 4 nitrogen and oxygen atoms in total. The van der Waals surface area contributed by atoms with Crippen LogP contribution in [0.5, 0.6) is 0 Å². The van der Waals surface area contributed by atoms with Crippen molar-refractivity contribution in [3.05, 3.63) is 0 Å². The highest BCUT2D eigenvalue weighted by molar-refractivity contribution is 5.85. The van der Waals surface area contributed by atoms with Crippen LogP contribution in [0.1, 0.15) is 65.2 Å². The normalized spacial score (nSPS) is 24.7. The molecule has 110 valence electrons. The van der Waals surface area contributed by atoms with Gasteiger partial charge in [-0.05, 0) is 26.2 Å². The fourth-order valence-electron chi connectivity index (χ4n) is 2.86. The van der Waals surface area contributed by atoms with E-state index in [-0.39, 0.29) is 17.9 Å². The number of nitrogens with one attached hydrogen (secondary N) is 1. The van der Waals surface area contributed by atoms with E-state index < -0.39 is 11.9 Å². The summed E-state index contributed by atoms with van der Waals surface area (Å²) in [5.41, 5.74) is 0. The maximum atomic E-state index is 12.2. The highest BCUT2D eigenvalue weighted by atomic mass is 16.4. The number of carbonyl (C=O) groups excluding carboxylic acids is 1. The molecule has 0 spiro atoms. The third-order valence-corrected chi connectivity index (χ3v) is 4.05. The summed E-state index contributed by atoms with van der Waals surface area (Å²) in [6.07, 6.45) is 7.68. The van der Waals surface area contributed by atoms with E-state index in [1.54, 1.807) is 0 Å². The summed E-state index contributed by atoms with van der Waals surface area (Å²) in [6.45, 7) is 4.16. The first-order chi connectivity index (χ1) is 9.06. The zero-order valence-corrected chi connectivity index (χ0v) is 12.2. The van der Waals surface area contributed by atoms with Crippen LogP contribution in [0.15, 0.2) is 0 Å². The minimum atomic E-state index is -0.821. The average Bonchev–Trinajstić information content (AvgIpc) is 2.39. The summed E-state index contributed by atoms with van der Waals surface area (Å²) in [4.78, 5) is 23.4. The third-order valence-electron chi connectivity index (χ3n) is 4.05. The number of unbranched alkanes of at least 4 members (excludes halogenated alkanes) is 2. The first-order valence-electron chi connectivity index (χ1n) is 7.59. The van der Waals surface area contributed by atoms with E-state index in [9.17, 15) is 14.7 Å². The van der Waals surface area contributed by atoms with E-state index in [0.29, 0.717) is 12.8 Å². The predicted octanol–water partition coefficient (Wildman–Crippen LogP) is 2.96. The first-order valence-corrected chi connectivity index (χ1v) is 7.59. The molecule has 0 aromatic heterocycles. The van der Waals surface area contributed by atoms with Crippen LogP contribution in [0.3, 0.4) is 0 Å². The van der Waals surface area contributed by atoms with Gasteiger partial charge < -0.3 is 10.4 Å². The van der Waals surface area contributed by atoms with Crippen LogP contribution in [-0.4, -0.2) is 23.0 Å². The highest BCUT2D eigenvalue weighted by Gasteiger charge is 2.35. The number of hydrogen-bond acceptors (Lipinski definition) is 2. The molecule has 0 aliphatic heterocycles. The number of rotatable bonds is 7. The Morgan fingerprint density at radius 2 is 1.84 bits per heavy atom. The van der Waals surface area contributed by atoms with Crippen molar-refractivity contribution < 1.29 is 14.7 Å². The lowest BCUT2D eigenvalue weighted by molar-refractivity contribution is -0.149. The molecule has 1 amide bonds. The Morgan fingerprint density at radius 1 is 1.21 bits per heavy atom. The van der Waals surface area contributed by atoms with Crippen LogP contribution in [0.2, 0.25) is 0 Å². The van der Waals surface area contributed by atoms with E-state index in [1.807, 2.05) is 6.92 Å². The van der Waals surface area contributed by atoms with Crippen molar-refractivity contribution in [3.8, 4) is 0 Å². The molecule has 1 saturated carbocycles. The summed E-state index contributed by atoms with van der Waals surface area (Å²) in [5.74, 6) is -1.70. The Bertz CT molecular complexity index is 304. The molecule has 0 unspecified atom stereocenters. The molecule has 0 heterocycles. The van der Waals surface area contributed by atoms with Crippen molar-refractivity contribution in [3.63, 3.8) is 0 Å². The van der Waals surface area contributed by atoms with E-state index in [1.165, 1.54) is 12.8 Å². The zero-order valence-electron chi connectivity index (χ0n) is 12.2. The predicted molar refractivity (Wildman–Crippen MR) is 74.8 cm³/mol. The third kappa shape index (κ3) is 5.21. The van der Waals surface area contributed by atoms with Crippen molar-refractivity contribution in [1.29, 1.82) is 0 Å². The van der Waals surface area contributed by atoms with E-state index >= 15 is 0 Å². The Morgan fingerprint density at radius 3 is 2.42 bits per heavy atom. The molecule has 1 aliphatic carbocycles. The van der Waals surface area contributed by atoms with Crippen molar-refractivity contribution in [2.45, 2.75) is 71.3 Å². The summed E-state index contributed by atoms with van der Waals surface area (Å²) >= 11 is 0. The Balaban J connectivity index is 2.43. The lowest BCUT2D eigenvalue weighted by Crippen LogP contribution is -2.43. The van der Waals surface area contributed by atoms with Crippen molar-refractivity contribution in [2.75, 3.05) is 0 Å². The Hall–Kier alpha value is -1.06. The SMILES string of the molecule is CCCCC[C@H](C)NC(=O)[C@@H]1CCCC[C@H]1C(=O)O. The molecule has 19 heavy (non-hydrogen) atoms. The Kier molecular flexibility index (Phi) is 6.89. The molecular formula is C15H27NO3. The fourth-order valence-corrected chi connectivity index (χ4v) is 2.86. The monoisotopic (exact) mass is 269 g/mol. The van der Waals surface area contributed by atoms with Gasteiger partial charge in [0.05, 0.1) is 11.8 Å². The van der Waals surface area contributed by atoms with Gasteiger partial charge in [0.1, 0.15) is 0 Å². The van der Waals surface area contributed by atoms with Crippen LogP contribution >= 0.6 is 0 Å². The summed E-state index contributed by atoms with van der Waals surface area (Å²) in [7, 11) is 0. The molecule has 0 radical (unpaired) electrons. The van der Waals surface area contributed by atoms with Crippen LogP contribution < -0.4 is 5.32 Å². The number of carbonyl (C=O) groups is 2. The molecule has 1 fully saturated rings. The van der Waals surface area contributed by atoms with Crippen LogP contribution in [-0.2, 0) is 9.59 Å². The maximum absolute atomic E-state index is 12.2. The van der Waals surface area contributed by atoms with Gasteiger partial charge in [0.15, 0.2) is 0 Å². The standard InChI is InChI=1S/C15H27NO3/c1-3-4-5-8-11(2)16-14(17)12-9-6-7-10-13(12)15(18)19/h11-13H,3-10H2,1-2H3,(H,16,17)(H,18,19)/t11-,12+,13+/m0/s1. The average molecular weight is 269 g/mol. The van der Waals surface area contributed by atoms with Crippen molar-refractivity contribution >= 4 is 11.9 Å². The molecule has 0 bridgehead atoms. The van der Waals surface area contributed by atoms with Crippen LogP contribution in [0.25, 0.3) is 0 Å². The quantitative estimate of drug-likeness (QED) is 0.698. The largest absolute Gasteiger partial charge is 0.481 e. The van der Waals surface area contributed by atoms with E-state index in [2.05, 4.69) is 12.2 Å². The van der Waals surface area contributed by atoms with Gasteiger partial charge in [-0.3, -0.25) is 9.59 Å². The first kappa shape index (κ1) is 16.0. The van der Waals surface area contributed by atoms with Gasteiger partial charge in [0, 0.05) is 6.04 Å². The zero-order chi connectivity index (χ0) is 14.3. The lowest BCUT2D eigenvalue weighted by atomic mass is 9.78. The summed E-state index contributed by atoms with van der Waals surface area (Å²) in [6, 6.07) is 0.149. The van der Waals surface area contributed by atoms with E-state index in [0.717, 1.165) is 25.7 Å². The van der Waals surface area contributed by atoms with Gasteiger partial charge in [-0.1, -0.05) is 39.0 Å². The van der Waals surface area contributed by atoms with Gasteiger partial charge in [-0.2, -0.15) is 0 Å². The molecule has 2 N–H and O–H groups in total. The summed E-state index contributed by atoms with van der Waals surface area (Å²) < 4.78 is 0. The minimum Gasteiger partial charge on any atom is -0.481 e. The maximum Gasteiger partial charge on any atom is 0.307 e. The molecule has 1 aliphatic rings. The van der Waals surface area contributed by atoms with Gasteiger partial charge in [0.25, 0.3) is 0 Å². The number of aliphatic carboxylic acids is 1. The highest BCUT2D eigenvalue weighted by Crippen LogP contribution is 2.30. The number of carboxylic acids is 1. The second kappa shape index (κ2) is 8.18. The second-order valence-corrected chi connectivity index (χ2v) is 5.74. The van der Waals surface area contributed by atoms with E-state index in [4.69, 9.17) is 0 Å². The minimum absolute atomic E-state index is 0.0592. The molecule has 1 rings (SSSR count). The van der Waals surface area contributed by atoms with Gasteiger partial charge in [-0.15, -0.1) is 0 Å². The summed E-state index contributed by atoms with van der Waals surface area (Å²) in [5, 5.41) is 12.2. The van der Waals surface area contributed by atoms with Crippen molar-refractivity contribution in [2.24, 2.45) is 11.8 Å². The van der Waals surface area contributed by atoms with Gasteiger partial charge in [-0.25, -0.2) is 0 Å². The number of carboxylic acid groups (broad SMARTS) is 1. The van der Waals surface area contributed by atoms with Crippen LogP contribution in [0, 0.1) is 11.8 Å². The van der Waals surface area contributed by atoms with Crippen LogP contribution in [0.4, 0.5) is 0 Å². The molecule has 0 aromatic carbocycles. The topological polar surface area (TPSA) is 66.4 Å². The molecule has 0 saturated heterocycles. The second-order valence-electron chi connectivity index (χ2n) is 5.74. The van der Waals surface area contributed by atoms with Gasteiger partial charge in [0.2, 0.25) is 5.91 Å². The molecule has 3 atom stereocenters.